The minimum atomic E-state index is -0.600. The second kappa shape index (κ2) is 6.65. The molecule has 22 heavy (non-hydrogen) atoms. The van der Waals surface area contributed by atoms with Gasteiger partial charge in [0.25, 0.3) is 5.69 Å². The third-order valence-corrected chi connectivity index (χ3v) is 3.47. The average molecular weight is 368 g/mol. The first-order valence-corrected chi connectivity index (χ1v) is 7.04. The molecular weight excluding hydrogens is 357 g/mol. The first-order valence-electron chi connectivity index (χ1n) is 6.24. The van der Waals surface area contributed by atoms with Crippen molar-refractivity contribution in [3.05, 3.63) is 67.9 Å². The number of benzene rings is 2. The molecule has 7 heteroatoms. The lowest BCUT2D eigenvalue weighted by molar-refractivity contribution is -0.385. The molecule has 2 rings (SSSR count). The molecule has 0 aromatic heterocycles. The van der Waals surface area contributed by atoms with E-state index in [1.54, 1.807) is 13.0 Å². The summed E-state index contributed by atoms with van der Waals surface area (Å²) in [7, 11) is 0. The Morgan fingerprint density at radius 3 is 2.68 bits per heavy atom. The number of halogens is 2. The highest BCUT2D eigenvalue weighted by atomic mass is 79.9. The van der Waals surface area contributed by atoms with Gasteiger partial charge in [-0.2, -0.15) is 0 Å². The zero-order chi connectivity index (χ0) is 16.3. The Labute approximate surface area is 134 Å². The van der Waals surface area contributed by atoms with Crippen molar-refractivity contribution in [2.75, 3.05) is 6.61 Å². The number of aryl methyl sites for hydroxylation is 1. The lowest BCUT2D eigenvalue weighted by Crippen LogP contribution is -2.12. The Balaban J connectivity index is 2.12. The number of carbonyl (C=O) groups excluding carboxylic acids is 1. The standard InChI is InChI=1S/C15H11BrFNO4/c1-9-2-3-10(6-13(9)18(20)21)14(19)8-22-15-5-4-11(16)7-12(15)17/h2-7H,8H2,1H3. The highest BCUT2D eigenvalue weighted by molar-refractivity contribution is 9.10. The Kier molecular flexibility index (Phi) is 4.87. The van der Waals surface area contributed by atoms with E-state index in [0.717, 1.165) is 0 Å². The first-order chi connectivity index (χ1) is 10.4. The minimum Gasteiger partial charge on any atom is -0.482 e. The summed E-state index contributed by atoms with van der Waals surface area (Å²) < 4.78 is 19.2. The minimum absolute atomic E-state index is 0.0573. The fourth-order valence-corrected chi connectivity index (χ4v) is 2.13. The van der Waals surface area contributed by atoms with Crippen LogP contribution in [0.5, 0.6) is 5.75 Å². The van der Waals surface area contributed by atoms with E-state index in [2.05, 4.69) is 15.9 Å². The summed E-state index contributed by atoms with van der Waals surface area (Å²) in [6.07, 6.45) is 0. The molecule has 114 valence electrons. The van der Waals surface area contributed by atoms with E-state index < -0.39 is 23.1 Å². The second-order valence-electron chi connectivity index (χ2n) is 4.54. The van der Waals surface area contributed by atoms with Crippen LogP contribution in [0.3, 0.4) is 0 Å². The van der Waals surface area contributed by atoms with E-state index in [1.807, 2.05) is 0 Å². The highest BCUT2D eigenvalue weighted by Crippen LogP contribution is 2.22. The fourth-order valence-electron chi connectivity index (χ4n) is 1.80. The van der Waals surface area contributed by atoms with Crippen molar-refractivity contribution in [1.82, 2.24) is 0 Å². The number of nitro benzene ring substituents is 1. The Morgan fingerprint density at radius 1 is 1.32 bits per heavy atom. The number of carbonyl (C=O) groups is 1. The van der Waals surface area contributed by atoms with Gasteiger partial charge in [0.15, 0.2) is 24.0 Å². The van der Waals surface area contributed by atoms with Gasteiger partial charge in [0, 0.05) is 21.7 Å². The molecule has 0 saturated heterocycles. The van der Waals surface area contributed by atoms with Gasteiger partial charge in [-0.05, 0) is 25.1 Å². The van der Waals surface area contributed by atoms with E-state index in [0.29, 0.717) is 10.0 Å². The first kappa shape index (κ1) is 16.1. The predicted molar refractivity (Wildman–Crippen MR) is 81.8 cm³/mol. The number of ketones is 1. The summed E-state index contributed by atoms with van der Waals surface area (Å²) in [6.45, 7) is 1.18. The molecule has 2 aromatic carbocycles. The molecule has 0 radical (unpaired) electrons. The molecule has 0 aliphatic heterocycles. The summed E-state index contributed by atoms with van der Waals surface area (Å²) in [5, 5.41) is 10.9. The summed E-state index contributed by atoms with van der Waals surface area (Å²) in [4.78, 5) is 22.3. The highest BCUT2D eigenvalue weighted by Gasteiger charge is 2.16. The maximum absolute atomic E-state index is 13.6. The number of rotatable bonds is 5. The average Bonchev–Trinajstić information content (AvgIpc) is 2.46. The van der Waals surface area contributed by atoms with Crippen LogP contribution in [-0.4, -0.2) is 17.3 Å². The van der Waals surface area contributed by atoms with E-state index in [9.17, 15) is 19.3 Å². The smallest absolute Gasteiger partial charge is 0.273 e. The number of hydrogen-bond acceptors (Lipinski definition) is 4. The largest absolute Gasteiger partial charge is 0.482 e. The third-order valence-electron chi connectivity index (χ3n) is 2.98. The van der Waals surface area contributed by atoms with Crippen LogP contribution in [0.1, 0.15) is 15.9 Å². The van der Waals surface area contributed by atoms with Gasteiger partial charge in [-0.1, -0.05) is 28.1 Å². The molecule has 0 amide bonds. The third kappa shape index (κ3) is 3.67. The van der Waals surface area contributed by atoms with Crippen LogP contribution in [-0.2, 0) is 0 Å². The number of Topliss-reactive ketones (excluding diaryl/α,β-unsaturated/α-hetero) is 1. The number of ether oxygens (including phenoxy) is 1. The van der Waals surface area contributed by atoms with Crippen LogP contribution in [0, 0.1) is 22.9 Å². The van der Waals surface area contributed by atoms with Crippen LogP contribution in [0.15, 0.2) is 40.9 Å². The molecule has 0 bridgehead atoms. The van der Waals surface area contributed by atoms with Gasteiger partial charge in [0.2, 0.25) is 0 Å². The quantitative estimate of drug-likeness (QED) is 0.453. The van der Waals surface area contributed by atoms with Crippen LogP contribution >= 0.6 is 15.9 Å². The van der Waals surface area contributed by atoms with Crippen LogP contribution < -0.4 is 4.74 Å². The Morgan fingerprint density at radius 2 is 2.05 bits per heavy atom. The maximum Gasteiger partial charge on any atom is 0.273 e. The van der Waals surface area contributed by atoms with Crippen LogP contribution in [0.2, 0.25) is 0 Å². The molecule has 0 aliphatic carbocycles. The van der Waals surface area contributed by atoms with Crippen molar-refractivity contribution in [2.24, 2.45) is 0 Å². The molecular formula is C15H11BrFNO4. The van der Waals surface area contributed by atoms with Gasteiger partial charge < -0.3 is 4.74 Å². The number of nitro groups is 1. The molecule has 2 aromatic rings. The predicted octanol–water partition coefficient (Wildman–Crippen LogP) is 4.07. The summed E-state index contributed by atoms with van der Waals surface area (Å²) in [6, 6.07) is 8.36. The number of nitrogens with zero attached hydrogens (tertiary/aromatic N) is 1. The van der Waals surface area contributed by atoms with Gasteiger partial charge in [-0.15, -0.1) is 0 Å². The van der Waals surface area contributed by atoms with E-state index in [-0.39, 0.29) is 17.0 Å². The van der Waals surface area contributed by atoms with Crippen LogP contribution in [0.4, 0.5) is 10.1 Å². The topological polar surface area (TPSA) is 69.4 Å². The SMILES string of the molecule is Cc1ccc(C(=O)COc2ccc(Br)cc2F)cc1[N+](=O)[O-]. The maximum atomic E-state index is 13.6. The molecule has 0 N–H and O–H groups in total. The second-order valence-corrected chi connectivity index (χ2v) is 5.46. The van der Waals surface area contributed by atoms with Gasteiger partial charge >= 0.3 is 0 Å². The molecule has 0 atom stereocenters. The van der Waals surface area contributed by atoms with Gasteiger partial charge in [-0.3, -0.25) is 14.9 Å². The van der Waals surface area contributed by atoms with E-state index >= 15 is 0 Å². The van der Waals surface area contributed by atoms with Crippen LogP contribution in [0.25, 0.3) is 0 Å². The molecule has 0 saturated carbocycles. The lowest BCUT2D eigenvalue weighted by Gasteiger charge is -2.07. The Bertz CT molecular complexity index is 748. The van der Waals surface area contributed by atoms with Gasteiger partial charge in [0.05, 0.1) is 4.92 Å². The zero-order valence-corrected chi connectivity index (χ0v) is 13.1. The van der Waals surface area contributed by atoms with E-state index in [1.165, 1.54) is 30.3 Å². The molecule has 5 nitrogen and oxygen atoms in total. The fraction of sp³-hybridized carbons (Fsp3) is 0.133. The van der Waals surface area contributed by atoms with Crippen molar-refractivity contribution >= 4 is 27.4 Å². The molecule has 0 heterocycles. The summed E-state index contributed by atoms with van der Waals surface area (Å²) in [5.74, 6) is -1.12. The van der Waals surface area contributed by atoms with Crippen molar-refractivity contribution in [1.29, 1.82) is 0 Å². The van der Waals surface area contributed by atoms with E-state index in [4.69, 9.17) is 4.74 Å². The summed E-state index contributed by atoms with van der Waals surface area (Å²) >= 11 is 3.11. The molecule has 0 unspecified atom stereocenters. The normalized spacial score (nSPS) is 10.3. The zero-order valence-electron chi connectivity index (χ0n) is 11.5. The number of hydrogen-bond donors (Lipinski definition) is 0. The molecule has 0 aliphatic rings. The van der Waals surface area contributed by atoms with Gasteiger partial charge in [-0.25, -0.2) is 4.39 Å². The monoisotopic (exact) mass is 367 g/mol. The van der Waals surface area contributed by atoms with Crippen molar-refractivity contribution in [3.8, 4) is 5.75 Å². The molecule has 0 fully saturated rings. The molecule has 0 spiro atoms. The summed E-state index contributed by atoms with van der Waals surface area (Å²) in [5.41, 5.74) is 0.469. The van der Waals surface area contributed by atoms with Gasteiger partial charge in [0.1, 0.15) is 0 Å². The van der Waals surface area contributed by atoms with Crippen molar-refractivity contribution < 1.29 is 18.8 Å². The van der Waals surface area contributed by atoms with Crippen molar-refractivity contribution in [2.45, 2.75) is 6.92 Å². The van der Waals surface area contributed by atoms with Crippen molar-refractivity contribution in [3.63, 3.8) is 0 Å². The Hall–Kier alpha value is -2.28. The lowest BCUT2D eigenvalue weighted by atomic mass is 10.1.